The summed E-state index contributed by atoms with van der Waals surface area (Å²) in [7, 11) is 0. The minimum absolute atomic E-state index is 0.000302. The molecule has 0 atom stereocenters. The predicted octanol–water partition coefficient (Wildman–Crippen LogP) is 2.23. The van der Waals surface area contributed by atoms with E-state index in [0.717, 1.165) is 30.8 Å². The maximum Gasteiger partial charge on any atom is 0.254 e. The molecule has 2 aromatic rings. The third-order valence-electron chi connectivity index (χ3n) is 4.10. The molecule has 0 radical (unpaired) electrons. The third kappa shape index (κ3) is 3.27. The summed E-state index contributed by atoms with van der Waals surface area (Å²) in [6.07, 6.45) is 3.55. The molecule has 1 amide bonds. The van der Waals surface area contributed by atoms with Crippen LogP contribution in [0.1, 0.15) is 19.8 Å². The lowest BCUT2D eigenvalue weighted by molar-refractivity contribution is -0.133. The number of carbonyl (C=O) groups is 1. The Morgan fingerprint density at radius 1 is 1.41 bits per heavy atom. The Labute approximate surface area is 133 Å². The van der Waals surface area contributed by atoms with Crippen LogP contribution in [0.15, 0.2) is 34.7 Å². The molecule has 116 valence electrons. The van der Waals surface area contributed by atoms with Crippen molar-refractivity contribution in [1.82, 2.24) is 14.5 Å². The maximum atomic E-state index is 12.3. The molecule has 1 saturated heterocycles. The zero-order valence-corrected chi connectivity index (χ0v) is 13.4. The van der Waals surface area contributed by atoms with Gasteiger partial charge in [0.2, 0.25) is 5.91 Å². The highest BCUT2D eigenvalue weighted by molar-refractivity contribution is 7.13. The van der Waals surface area contributed by atoms with Crippen molar-refractivity contribution in [1.29, 1.82) is 0 Å². The lowest BCUT2D eigenvalue weighted by Crippen LogP contribution is -2.41. The zero-order chi connectivity index (χ0) is 15.5. The Kier molecular flexibility index (Phi) is 4.38. The maximum absolute atomic E-state index is 12.3. The normalized spacial score (nSPS) is 16.0. The van der Waals surface area contributed by atoms with Gasteiger partial charge in [-0.05, 0) is 30.2 Å². The topological polar surface area (TPSA) is 55.2 Å². The highest BCUT2D eigenvalue weighted by Gasteiger charge is 2.20. The summed E-state index contributed by atoms with van der Waals surface area (Å²) in [5.74, 6) is 0.679. The molecule has 0 unspecified atom stereocenters. The molecule has 1 aliphatic rings. The zero-order valence-electron chi connectivity index (χ0n) is 12.6. The number of aromatic nitrogens is 2. The van der Waals surface area contributed by atoms with Gasteiger partial charge in [-0.15, -0.1) is 11.3 Å². The molecule has 0 aromatic carbocycles. The lowest BCUT2D eigenvalue weighted by atomic mass is 9.99. The fraction of sp³-hybridized carbons (Fsp3) is 0.438. The number of hydrogen-bond donors (Lipinski definition) is 0. The van der Waals surface area contributed by atoms with Crippen LogP contribution in [0.25, 0.3) is 10.6 Å². The van der Waals surface area contributed by atoms with E-state index in [4.69, 9.17) is 0 Å². The van der Waals surface area contributed by atoms with E-state index in [1.165, 1.54) is 17.0 Å². The molecule has 0 N–H and O–H groups in total. The van der Waals surface area contributed by atoms with Gasteiger partial charge in [0.1, 0.15) is 6.54 Å². The molecule has 5 nitrogen and oxygen atoms in total. The SMILES string of the molecule is CC1CCN(C(=O)Cn2cnc(-c3cccs3)cc2=O)CC1. The van der Waals surface area contributed by atoms with Gasteiger partial charge in [0, 0.05) is 19.2 Å². The third-order valence-corrected chi connectivity index (χ3v) is 4.99. The Balaban J connectivity index is 1.70. The first-order valence-electron chi connectivity index (χ1n) is 7.51. The summed E-state index contributed by atoms with van der Waals surface area (Å²) in [5.41, 5.74) is 0.479. The van der Waals surface area contributed by atoms with Crippen molar-refractivity contribution in [3.8, 4) is 10.6 Å². The molecule has 0 saturated carbocycles. The van der Waals surface area contributed by atoms with Crippen LogP contribution in [-0.2, 0) is 11.3 Å². The Hall–Kier alpha value is -1.95. The van der Waals surface area contributed by atoms with Crippen LogP contribution in [0, 0.1) is 5.92 Å². The van der Waals surface area contributed by atoms with Gasteiger partial charge in [-0.25, -0.2) is 4.98 Å². The molecule has 3 heterocycles. The molecule has 3 rings (SSSR count). The quantitative estimate of drug-likeness (QED) is 0.872. The van der Waals surface area contributed by atoms with Crippen LogP contribution < -0.4 is 5.56 Å². The van der Waals surface area contributed by atoms with E-state index < -0.39 is 0 Å². The van der Waals surface area contributed by atoms with Crippen molar-refractivity contribution in [2.75, 3.05) is 13.1 Å². The van der Waals surface area contributed by atoms with Crippen LogP contribution >= 0.6 is 11.3 Å². The summed E-state index contributed by atoms with van der Waals surface area (Å²) in [6, 6.07) is 5.35. The minimum Gasteiger partial charge on any atom is -0.341 e. The summed E-state index contributed by atoms with van der Waals surface area (Å²) in [5, 5.41) is 1.95. The second kappa shape index (κ2) is 6.44. The van der Waals surface area contributed by atoms with Gasteiger partial charge < -0.3 is 4.90 Å². The summed E-state index contributed by atoms with van der Waals surface area (Å²) in [6.45, 7) is 3.86. The van der Waals surface area contributed by atoms with E-state index in [2.05, 4.69) is 11.9 Å². The first kappa shape index (κ1) is 15.0. The van der Waals surface area contributed by atoms with Gasteiger partial charge in [0.05, 0.1) is 16.9 Å². The van der Waals surface area contributed by atoms with Crippen LogP contribution in [0.5, 0.6) is 0 Å². The second-order valence-corrected chi connectivity index (χ2v) is 6.73. The summed E-state index contributed by atoms with van der Waals surface area (Å²) >= 11 is 1.54. The van der Waals surface area contributed by atoms with Gasteiger partial charge in [0.15, 0.2) is 0 Å². The molecular formula is C16H19N3O2S. The van der Waals surface area contributed by atoms with Gasteiger partial charge in [-0.2, -0.15) is 0 Å². The second-order valence-electron chi connectivity index (χ2n) is 5.78. The number of thiophene rings is 1. The van der Waals surface area contributed by atoms with E-state index in [0.29, 0.717) is 11.6 Å². The number of amides is 1. The average Bonchev–Trinajstić information content (AvgIpc) is 3.04. The molecule has 2 aromatic heterocycles. The number of rotatable bonds is 3. The Morgan fingerprint density at radius 3 is 2.82 bits per heavy atom. The molecule has 6 heteroatoms. The molecule has 22 heavy (non-hydrogen) atoms. The van der Waals surface area contributed by atoms with Crippen molar-refractivity contribution in [3.05, 3.63) is 40.3 Å². The van der Waals surface area contributed by atoms with E-state index in [-0.39, 0.29) is 18.0 Å². The van der Waals surface area contributed by atoms with Crippen LogP contribution in [-0.4, -0.2) is 33.4 Å². The summed E-state index contributed by atoms with van der Waals surface area (Å²) < 4.78 is 1.39. The van der Waals surface area contributed by atoms with Gasteiger partial charge in [-0.1, -0.05) is 13.0 Å². The van der Waals surface area contributed by atoms with Gasteiger partial charge in [0.25, 0.3) is 5.56 Å². The molecule has 0 aliphatic carbocycles. The van der Waals surface area contributed by atoms with Crippen molar-refractivity contribution < 1.29 is 4.79 Å². The highest BCUT2D eigenvalue weighted by Crippen LogP contribution is 2.20. The van der Waals surface area contributed by atoms with Crippen molar-refractivity contribution in [3.63, 3.8) is 0 Å². The van der Waals surface area contributed by atoms with Crippen LogP contribution in [0.4, 0.5) is 0 Å². The smallest absolute Gasteiger partial charge is 0.254 e. The van der Waals surface area contributed by atoms with Crippen molar-refractivity contribution in [2.45, 2.75) is 26.3 Å². The van der Waals surface area contributed by atoms with Crippen LogP contribution in [0.3, 0.4) is 0 Å². The van der Waals surface area contributed by atoms with E-state index in [1.54, 1.807) is 11.3 Å². The molecule has 0 bridgehead atoms. The monoisotopic (exact) mass is 317 g/mol. The fourth-order valence-corrected chi connectivity index (χ4v) is 3.30. The number of piperidine rings is 1. The average molecular weight is 317 g/mol. The Bertz CT molecular complexity index is 700. The number of carbonyl (C=O) groups excluding carboxylic acids is 1. The lowest BCUT2D eigenvalue weighted by Gasteiger charge is -2.30. The number of likely N-dealkylation sites (tertiary alicyclic amines) is 1. The number of hydrogen-bond acceptors (Lipinski definition) is 4. The minimum atomic E-state index is -0.183. The molecule has 1 fully saturated rings. The van der Waals surface area contributed by atoms with E-state index in [1.807, 2.05) is 22.4 Å². The first-order valence-corrected chi connectivity index (χ1v) is 8.39. The van der Waals surface area contributed by atoms with E-state index >= 15 is 0 Å². The molecular weight excluding hydrogens is 298 g/mol. The van der Waals surface area contributed by atoms with Gasteiger partial charge >= 0.3 is 0 Å². The van der Waals surface area contributed by atoms with Crippen molar-refractivity contribution >= 4 is 17.2 Å². The first-order chi connectivity index (χ1) is 10.6. The van der Waals surface area contributed by atoms with Crippen molar-refractivity contribution in [2.24, 2.45) is 5.92 Å². The number of nitrogens with zero attached hydrogens (tertiary/aromatic N) is 3. The molecule has 1 aliphatic heterocycles. The standard InChI is InChI=1S/C16H19N3O2S/c1-12-4-6-18(7-5-12)16(21)10-19-11-17-13(9-15(19)20)14-3-2-8-22-14/h2-3,8-9,11-12H,4-7,10H2,1H3. The van der Waals surface area contributed by atoms with Gasteiger partial charge in [-0.3, -0.25) is 14.2 Å². The molecule has 0 spiro atoms. The predicted molar refractivity (Wildman–Crippen MR) is 86.8 cm³/mol. The van der Waals surface area contributed by atoms with E-state index in [9.17, 15) is 9.59 Å². The largest absolute Gasteiger partial charge is 0.341 e. The van der Waals surface area contributed by atoms with Crippen LogP contribution in [0.2, 0.25) is 0 Å². The highest BCUT2D eigenvalue weighted by atomic mass is 32.1. The fourth-order valence-electron chi connectivity index (χ4n) is 2.61. The summed E-state index contributed by atoms with van der Waals surface area (Å²) in [4.78, 5) is 31.5. The Morgan fingerprint density at radius 2 is 2.18 bits per heavy atom.